The van der Waals surface area contributed by atoms with E-state index < -0.39 is 74.2 Å². The second-order valence-corrected chi connectivity index (χ2v) is 18.4. The molecule has 3 fully saturated rings. The van der Waals surface area contributed by atoms with E-state index in [1.807, 2.05) is 64.1 Å². The molecule has 3 heterocycles. The Bertz CT molecular complexity index is 1910. The number of methoxy groups -OCH3 is 1. The summed E-state index contributed by atoms with van der Waals surface area (Å²) < 4.78 is 40.0. The number of rotatable bonds is 8. The molecule has 7 atom stereocenters. The number of fused-ring (bicyclic) bond motifs is 3. The Balaban J connectivity index is 1.36. The summed E-state index contributed by atoms with van der Waals surface area (Å²) in [6.45, 7) is 9.66. The second kappa shape index (κ2) is 15.4. The first kappa shape index (κ1) is 39.3. The molecule has 2 aliphatic heterocycles. The van der Waals surface area contributed by atoms with Crippen LogP contribution < -0.4 is 30.1 Å². The van der Waals surface area contributed by atoms with E-state index in [-0.39, 0.29) is 31.2 Å². The molecular formula is C39H54N6O8S. The normalized spacial score (nSPS) is 29.2. The van der Waals surface area contributed by atoms with Crippen LogP contribution in [0.2, 0.25) is 0 Å². The van der Waals surface area contributed by atoms with Gasteiger partial charge in [-0.15, -0.1) is 0 Å². The zero-order valence-corrected chi connectivity index (χ0v) is 32.8. The fourth-order valence-electron chi connectivity index (χ4n) is 7.82. The van der Waals surface area contributed by atoms with Crippen molar-refractivity contribution in [3.05, 3.63) is 42.6 Å². The first-order valence-electron chi connectivity index (χ1n) is 19.1. The summed E-state index contributed by atoms with van der Waals surface area (Å²) in [4.78, 5) is 62.5. The summed E-state index contributed by atoms with van der Waals surface area (Å²) in [7, 11) is -2.32. The van der Waals surface area contributed by atoms with Gasteiger partial charge in [0.05, 0.1) is 18.9 Å². The largest absolute Gasteiger partial charge is 0.496 e. The van der Waals surface area contributed by atoms with Gasteiger partial charge >= 0.3 is 6.03 Å². The van der Waals surface area contributed by atoms with Gasteiger partial charge in [0.2, 0.25) is 27.7 Å². The highest BCUT2D eigenvalue weighted by Gasteiger charge is 2.62. The third kappa shape index (κ3) is 8.61. The van der Waals surface area contributed by atoms with E-state index in [1.165, 1.54) is 4.90 Å². The molecule has 2 saturated carbocycles. The van der Waals surface area contributed by atoms with E-state index in [1.54, 1.807) is 13.3 Å². The number of urea groups is 1. The van der Waals surface area contributed by atoms with Crippen LogP contribution in [-0.4, -0.2) is 90.2 Å². The first-order valence-corrected chi connectivity index (χ1v) is 20.6. The number of hydrogen-bond acceptors (Lipinski definition) is 9. The van der Waals surface area contributed by atoms with E-state index >= 15 is 0 Å². The molecule has 294 valence electrons. The standard InChI is InChI=1S/C39H54N6O8S/c1-7-24-19-23(2)11-8-9-12-25-21-39(25,36(48)44-54(50,51)27-15-16-27)42-33(46)30-20-26(22-45(30)35(47)32(24)41-37(49)43-38(3,4)5)53-34-29-13-10-14-31(52-6)28(29)17-18-40-34/h9-10,12-14,17-18,23-27,30,32H,7-8,11,15-16,19-22H2,1-6H3,(H,42,46)(H,44,48)(H2,41,43,49)/t23-,24-,25-,26-,30+,32+,39-/m1/s1. The Labute approximate surface area is 317 Å². The van der Waals surface area contributed by atoms with Crippen LogP contribution in [0.5, 0.6) is 11.6 Å². The number of carbonyl (C=O) groups excluding carboxylic acids is 4. The van der Waals surface area contributed by atoms with Crippen molar-refractivity contribution in [3.63, 3.8) is 0 Å². The van der Waals surface area contributed by atoms with Crippen LogP contribution in [0, 0.1) is 17.8 Å². The van der Waals surface area contributed by atoms with E-state index in [0.717, 1.165) is 11.8 Å². The maximum atomic E-state index is 14.9. The number of nitrogens with zero attached hydrogens (tertiary/aromatic N) is 2. The van der Waals surface area contributed by atoms with Crippen LogP contribution in [0.4, 0.5) is 4.79 Å². The minimum atomic E-state index is -3.89. The van der Waals surface area contributed by atoms with Gasteiger partial charge in [-0.3, -0.25) is 19.1 Å². The van der Waals surface area contributed by atoms with Crippen molar-refractivity contribution >= 4 is 44.5 Å². The van der Waals surface area contributed by atoms with Crippen molar-refractivity contribution in [2.45, 2.75) is 121 Å². The van der Waals surface area contributed by atoms with E-state index in [2.05, 4.69) is 32.6 Å². The third-order valence-corrected chi connectivity index (χ3v) is 12.8. The molecule has 2 aliphatic carbocycles. The maximum absolute atomic E-state index is 14.9. The van der Waals surface area contributed by atoms with Gasteiger partial charge in [-0.2, -0.15) is 0 Å². The Morgan fingerprint density at radius 2 is 1.85 bits per heavy atom. The number of aromatic nitrogens is 1. The molecule has 1 saturated heterocycles. The predicted molar refractivity (Wildman–Crippen MR) is 203 cm³/mol. The lowest BCUT2D eigenvalue weighted by Crippen LogP contribution is -2.60. The average molecular weight is 767 g/mol. The summed E-state index contributed by atoms with van der Waals surface area (Å²) in [5.41, 5.74) is -2.07. The van der Waals surface area contributed by atoms with E-state index in [4.69, 9.17) is 9.47 Å². The molecule has 5 amide bonds. The second-order valence-electron chi connectivity index (χ2n) is 16.4. The van der Waals surface area contributed by atoms with Crippen molar-refractivity contribution in [2.24, 2.45) is 17.8 Å². The van der Waals surface area contributed by atoms with Crippen LogP contribution in [0.3, 0.4) is 0 Å². The first-order chi connectivity index (χ1) is 25.5. The highest BCUT2D eigenvalue weighted by molar-refractivity contribution is 7.91. The van der Waals surface area contributed by atoms with Gasteiger partial charge < -0.3 is 30.3 Å². The lowest BCUT2D eigenvalue weighted by atomic mass is 9.85. The van der Waals surface area contributed by atoms with Crippen LogP contribution in [0.15, 0.2) is 42.6 Å². The average Bonchev–Trinajstić information content (AvgIpc) is 4.04. The van der Waals surface area contributed by atoms with E-state index in [0.29, 0.717) is 49.1 Å². The number of amides is 5. The molecule has 15 heteroatoms. The van der Waals surface area contributed by atoms with Crippen LogP contribution in [0.1, 0.15) is 86.0 Å². The zero-order valence-electron chi connectivity index (χ0n) is 32.0. The summed E-state index contributed by atoms with van der Waals surface area (Å²) in [5.74, 6) is -1.38. The van der Waals surface area contributed by atoms with Gasteiger partial charge in [0, 0.05) is 34.8 Å². The Morgan fingerprint density at radius 1 is 1.09 bits per heavy atom. The SMILES string of the molecule is CC[C@@H]1C[C@H](C)CCC=C[C@@H]2C[C@@]2(C(=O)NS(=O)(=O)C2CC2)NC(=O)[C@@H]2C[C@@H](Oc3nccc4c(OC)cccc34)CN2C(=O)[C@H]1NC(=O)NC(C)(C)C. The molecule has 0 unspecified atom stereocenters. The smallest absolute Gasteiger partial charge is 0.315 e. The number of allylic oxidation sites excluding steroid dienone is 1. The molecule has 0 spiro atoms. The molecular weight excluding hydrogens is 713 g/mol. The number of ether oxygens (including phenoxy) is 2. The topological polar surface area (TPSA) is 185 Å². The number of hydrogen-bond donors (Lipinski definition) is 4. The van der Waals surface area contributed by atoms with Gasteiger partial charge in [-0.1, -0.05) is 38.5 Å². The van der Waals surface area contributed by atoms with E-state index in [9.17, 15) is 27.6 Å². The highest BCUT2D eigenvalue weighted by Crippen LogP contribution is 2.46. The van der Waals surface area contributed by atoms with Crippen molar-refractivity contribution in [3.8, 4) is 11.6 Å². The van der Waals surface area contributed by atoms with Crippen molar-refractivity contribution in [1.29, 1.82) is 0 Å². The maximum Gasteiger partial charge on any atom is 0.315 e. The molecule has 2 aromatic rings. The lowest BCUT2D eigenvalue weighted by Gasteiger charge is -2.34. The Kier molecular flexibility index (Phi) is 11.2. The summed E-state index contributed by atoms with van der Waals surface area (Å²) in [6.07, 6.45) is 8.75. The van der Waals surface area contributed by atoms with Gasteiger partial charge in [-0.05, 0) is 89.3 Å². The minimum absolute atomic E-state index is 0.00258. The number of pyridine rings is 1. The molecule has 14 nitrogen and oxygen atoms in total. The summed E-state index contributed by atoms with van der Waals surface area (Å²) in [5, 5.41) is 9.63. The molecule has 54 heavy (non-hydrogen) atoms. The number of carbonyl (C=O) groups is 4. The number of benzene rings is 1. The monoisotopic (exact) mass is 766 g/mol. The van der Waals surface area contributed by atoms with Crippen LogP contribution in [0.25, 0.3) is 10.8 Å². The third-order valence-electron chi connectivity index (χ3n) is 11.0. The Morgan fingerprint density at radius 3 is 2.54 bits per heavy atom. The van der Waals surface area contributed by atoms with Gasteiger partial charge in [-0.25, -0.2) is 18.2 Å². The Hall–Kier alpha value is -4.40. The number of nitrogens with one attached hydrogen (secondary N) is 4. The summed E-state index contributed by atoms with van der Waals surface area (Å²) in [6, 6.07) is 4.76. The fraction of sp³-hybridized carbons (Fsp3) is 0.615. The molecule has 6 rings (SSSR count). The highest BCUT2D eigenvalue weighted by atomic mass is 32.2. The molecule has 1 aromatic heterocycles. The van der Waals surface area contributed by atoms with Crippen LogP contribution >= 0.6 is 0 Å². The lowest BCUT2D eigenvalue weighted by molar-refractivity contribution is -0.142. The van der Waals surface area contributed by atoms with Gasteiger partial charge in [0.25, 0.3) is 5.91 Å². The van der Waals surface area contributed by atoms with Crippen LogP contribution in [-0.2, 0) is 24.4 Å². The molecule has 0 radical (unpaired) electrons. The molecule has 0 bridgehead atoms. The van der Waals surface area contributed by atoms with Crippen molar-refractivity contribution < 1.29 is 37.1 Å². The van der Waals surface area contributed by atoms with Crippen molar-refractivity contribution in [2.75, 3.05) is 13.7 Å². The van der Waals surface area contributed by atoms with Gasteiger partial charge in [0.15, 0.2) is 0 Å². The zero-order chi connectivity index (χ0) is 39.0. The van der Waals surface area contributed by atoms with Crippen molar-refractivity contribution in [1.82, 2.24) is 30.6 Å². The summed E-state index contributed by atoms with van der Waals surface area (Å²) >= 11 is 0. The quantitative estimate of drug-likeness (QED) is 0.289. The number of sulfonamides is 1. The fourth-order valence-corrected chi connectivity index (χ4v) is 9.18. The predicted octanol–water partition coefficient (Wildman–Crippen LogP) is 3.94. The minimum Gasteiger partial charge on any atom is -0.496 e. The molecule has 4 N–H and O–H groups in total. The molecule has 1 aromatic carbocycles. The van der Waals surface area contributed by atoms with Gasteiger partial charge in [0.1, 0.15) is 29.5 Å². The molecule has 4 aliphatic rings.